The number of hydrogen-bond acceptors (Lipinski definition) is 6. The molecule has 1 heterocycles. The molecule has 0 bridgehead atoms. The standard InChI is InChI=1S/C20H18N4O4/c1-2-28-20-17(9-6-12-21-20)23-19(25)14-10-11-16(18(13-14)24(26)27)22-15-7-4-3-5-8-15/h3-13,22H,2H2,1H3,(H,23,25). The Balaban J connectivity index is 1.85. The van der Waals surface area contributed by atoms with Gasteiger partial charge in [-0.1, -0.05) is 18.2 Å². The number of hydrogen-bond donors (Lipinski definition) is 2. The predicted molar refractivity (Wildman–Crippen MR) is 106 cm³/mol. The summed E-state index contributed by atoms with van der Waals surface area (Å²) in [4.78, 5) is 27.6. The maximum Gasteiger partial charge on any atom is 0.293 e. The van der Waals surface area contributed by atoms with E-state index in [0.29, 0.717) is 23.7 Å². The summed E-state index contributed by atoms with van der Waals surface area (Å²) in [5.41, 5.74) is 1.34. The quantitative estimate of drug-likeness (QED) is 0.467. The Morgan fingerprint density at radius 2 is 1.89 bits per heavy atom. The van der Waals surface area contributed by atoms with Gasteiger partial charge >= 0.3 is 0 Å². The monoisotopic (exact) mass is 378 g/mol. The van der Waals surface area contributed by atoms with E-state index in [1.54, 1.807) is 30.5 Å². The second-order valence-electron chi connectivity index (χ2n) is 5.72. The van der Waals surface area contributed by atoms with Gasteiger partial charge in [0.2, 0.25) is 5.88 Å². The summed E-state index contributed by atoms with van der Waals surface area (Å²) in [6.45, 7) is 2.20. The largest absolute Gasteiger partial charge is 0.476 e. The maximum absolute atomic E-state index is 12.6. The van der Waals surface area contributed by atoms with Crippen molar-refractivity contribution in [2.45, 2.75) is 6.92 Å². The maximum atomic E-state index is 12.6. The van der Waals surface area contributed by atoms with E-state index in [1.807, 2.05) is 25.1 Å². The molecule has 8 nitrogen and oxygen atoms in total. The summed E-state index contributed by atoms with van der Waals surface area (Å²) in [6.07, 6.45) is 1.55. The number of anilines is 3. The molecule has 28 heavy (non-hydrogen) atoms. The Kier molecular flexibility index (Phi) is 5.81. The Labute approximate surface area is 161 Å². The Morgan fingerprint density at radius 3 is 2.61 bits per heavy atom. The molecule has 142 valence electrons. The van der Waals surface area contributed by atoms with Crippen molar-refractivity contribution in [3.05, 3.63) is 82.5 Å². The number of amides is 1. The molecule has 0 aliphatic carbocycles. The van der Waals surface area contributed by atoms with Crippen molar-refractivity contribution < 1.29 is 14.5 Å². The van der Waals surface area contributed by atoms with Crippen molar-refractivity contribution in [2.75, 3.05) is 17.2 Å². The van der Waals surface area contributed by atoms with Gasteiger partial charge in [0.25, 0.3) is 11.6 Å². The third-order valence-corrected chi connectivity index (χ3v) is 3.81. The van der Waals surface area contributed by atoms with Crippen LogP contribution in [-0.4, -0.2) is 22.4 Å². The van der Waals surface area contributed by atoms with E-state index < -0.39 is 10.8 Å². The second-order valence-corrected chi connectivity index (χ2v) is 5.72. The van der Waals surface area contributed by atoms with Gasteiger partial charge in [-0.05, 0) is 43.3 Å². The first kappa shape index (κ1) is 18.8. The minimum Gasteiger partial charge on any atom is -0.476 e. The van der Waals surface area contributed by atoms with Crippen molar-refractivity contribution in [3.8, 4) is 5.88 Å². The van der Waals surface area contributed by atoms with Gasteiger partial charge in [0.1, 0.15) is 11.4 Å². The van der Waals surface area contributed by atoms with Crippen LogP contribution in [0.15, 0.2) is 66.9 Å². The van der Waals surface area contributed by atoms with Crippen LogP contribution in [0.1, 0.15) is 17.3 Å². The fourth-order valence-corrected chi connectivity index (χ4v) is 2.54. The summed E-state index contributed by atoms with van der Waals surface area (Å²) in [6, 6.07) is 16.6. The van der Waals surface area contributed by atoms with Crippen LogP contribution in [0.3, 0.4) is 0 Å². The molecule has 8 heteroatoms. The van der Waals surface area contributed by atoms with Gasteiger partial charge in [-0.25, -0.2) is 4.98 Å². The number of rotatable bonds is 7. The fraction of sp³-hybridized carbons (Fsp3) is 0.100. The zero-order chi connectivity index (χ0) is 19.9. The predicted octanol–water partition coefficient (Wildman–Crippen LogP) is 4.38. The molecule has 0 unspecified atom stereocenters. The SMILES string of the molecule is CCOc1ncccc1NC(=O)c1ccc(Nc2ccccc2)c([N+](=O)[O-])c1. The normalized spacial score (nSPS) is 10.2. The number of nitro benzene ring substituents is 1. The smallest absolute Gasteiger partial charge is 0.293 e. The highest BCUT2D eigenvalue weighted by Gasteiger charge is 2.19. The highest BCUT2D eigenvalue weighted by molar-refractivity contribution is 6.05. The Hall–Kier alpha value is -3.94. The molecule has 0 aliphatic rings. The van der Waals surface area contributed by atoms with Crippen LogP contribution in [0.5, 0.6) is 5.88 Å². The number of nitrogens with zero attached hydrogens (tertiary/aromatic N) is 2. The fourth-order valence-electron chi connectivity index (χ4n) is 2.54. The van der Waals surface area contributed by atoms with Crippen LogP contribution >= 0.6 is 0 Å². The molecule has 0 saturated carbocycles. The van der Waals surface area contributed by atoms with Crippen molar-refractivity contribution in [2.24, 2.45) is 0 Å². The molecular formula is C20H18N4O4. The van der Waals surface area contributed by atoms with E-state index >= 15 is 0 Å². The van der Waals surface area contributed by atoms with E-state index in [0.717, 1.165) is 0 Å². The molecule has 0 radical (unpaired) electrons. The van der Waals surface area contributed by atoms with Crippen molar-refractivity contribution >= 4 is 28.7 Å². The van der Waals surface area contributed by atoms with Crippen molar-refractivity contribution in [3.63, 3.8) is 0 Å². The highest BCUT2D eigenvalue weighted by Crippen LogP contribution is 2.29. The van der Waals surface area contributed by atoms with E-state index in [9.17, 15) is 14.9 Å². The van der Waals surface area contributed by atoms with Gasteiger partial charge in [0.05, 0.1) is 11.5 Å². The van der Waals surface area contributed by atoms with Gasteiger partial charge in [-0.3, -0.25) is 14.9 Å². The molecule has 0 spiro atoms. The van der Waals surface area contributed by atoms with Crippen LogP contribution in [0.25, 0.3) is 0 Å². The number of pyridine rings is 1. The number of carbonyl (C=O) groups excluding carboxylic acids is 1. The lowest BCUT2D eigenvalue weighted by atomic mass is 10.1. The first-order chi connectivity index (χ1) is 13.6. The number of carbonyl (C=O) groups is 1. The number of nitrogens with one attached hydrogen (secondary N) is 2. The summed E-state index contributed by atoms with van der Waals surface area (Å²) in [5, 5.41) is 17.2. The van der Waals surface area contributed by atoms with E-state index in [2.05, 4.69) is 15.6 Å². The third-order valence-electron chi connectivity index (χ3n) is 3.81. The van der Waals surface area contributed by atoms with Crippen LogP contribution in [0, 0.1) is 10.1 Å². The van der Waals surface area contributed by atoms with Gasteiger partial charge < -0.3 is 15.4 Å². The van der Waals surface area contributed by atoms with Gasteiger partial charge in [0, 0.05) is 23.5 Å². The zero-order valence-electron chi connectivity index (χ0n) is 15.1. The first-order valence-corrected chi connectivity index (χ1v) is 8.58. The number of aromatic nitrogens is 1. The molecule has 3 rings (SSSR count). The lowest BCUT2D eigenvalue weighted by Gasteiger charge is -2.11. The van der Waals surface area contributed by atoms with E-state index in [-0.39, 0.29) is 17.1 Å². The minimum atomic E-state index is -0.530. The van der Waals surface area contributed by atoms with Crippen molar-refractivity contribution in [1.29, 1.82) is 0 Å². The summed E-state index contributed by atoms with van der Waals surface area (Å²) >= 11 is 0. The number of para-hydroxylation sites is 1. The van der Waals surface area contributed by atoms with Crippen LogP contribution in [-0.2, 0) is 0 Å². The Morgan fingerprint density at radius 1 is 1.11 bits per heavy atom. The van der Waals surface area contributed by atoms with Crippen molar-refractivity contribution in [1.82, 2.24) is 4.98 Å². The minimum absolute atomic E-state index is 0.150. The number of nitro groups is 1. The van der Waals surface area contributed by atoms with Gasteiger partial charge in [-0.2, -0.15) is 0 Å². The average molecular weight is 378 g/mol. The second kappa shape index (κ2) is 8.63. The summed E-state index contributed by atoms with van der Waals surface area (Å²) in [5.74, 6) is -0.210. The Bertz CT molecular complexity index is 993. The summed E-state index contributed by atoms with van der Waals surface area (Å²) in [7, 11) is 0. The van der Waals surface area contributed by atoms with Gasteiger partial charge in [-0.15, -0.1) is 0 Å². The average Bonchev–Trinajstić information content (AvgIpc) is 2.70. The van der Waals surface area contributed by atoms with Crippen LogP contribution in [0.2, 0.25) is 0 Å². The molecule has 2 N–H and O–H groups in total. The molecule has 0 aliphatic heterocycles. The third kappa shape index (κ3) is 4.42. The number of benzene rings is 2. The number of ether oxygens (including phenoxy) is 1. The van der Waals surface area contributed by atoms with Gasteiger partial charge in [0.15, 0.2) is 0 Å². The van der Waals surface area contributed by atoms with E-state index in [4.69, 9.17) is 4.74 Å². The molecule has 0 fully saturated rings. The lowest BCUT2D eigenvalue weighted by molar-refractivity contribution is -0.383. The molecule has 0 saturated heterocycles. The van der Waals surface area contributed by atoms with Crippen LogP contribution in [0.4, 0.5) is 22.7 Å². The first-order valence-electron chi connectivity index (χ1n) is 8.58. The molecular weight excluding hydrogens is 360 g/mol. The molecule has 3 aromatic rings. The molecule has 1 amide bonds. The zero-order valence-corrected chi connectivity index (χ0v) is 15.1. The topological polar surface area (TPSA) is 106 Å². The van der Waals surface area contributed by atoms with E-state index in [1.165, 1.54) is 18.2 Å². The summed E-state index contributed by atoms with van der Waals surface area (Å²) < 4.78 is 5.38. The molecule has 1 aromatic heterocycles. The highest BCUT2D eigenvalue weighted by atomic mass is 16.6. The van der Waals surface area contributed by atoms with Crippen LogP contribution < -0.4 is 15.4 Å². The molecule has 2 aromatic carbocycles. The lowest BCUT2D eigenvalue weighted by Crippen LogP contribution is -2.14. The molecule has 0 atom stereocenters.